The number of aromatic amines is 1. The number of nitrogens with one attached hydrogen (secondary N) is 1. The minimum absolute atomic E-state index is 0.179. The number of aliphatic hydroxyl groups excluding tert-OH is 1. The van der Waals surface area contributed by atoms with Gasteiger partial charge in [-0.2, -0.15) is 0 Å². The summed E-state index contributed by atoms with van der Waals surface area (Å²) in [6, 6.07) is 8.44. The molecule has 0 radical (unpaired) electrons. The predicted molar refractivity (Wildman–Crippen MR) is 68.5 cm³/mol. The fraction of sp³-hybridized carbons (Fsp3) is 0.385. The lowest BCUT2D eigenvalue weighted by Gasteiger charge is -2.08. The summed E-state index contributed by atoms with van der Waals surface area (Å²) in [7, 11) is 0. The van der Waals surface area contributed by atoms with Crippen LogP contribution in [0.1, 0.15) is 18.5 Å². The van der Waals surface area contributed by atoms with E-state index in [9.17, 15) is 5.11 Å². The van der Waals surface area contributed by atoms with E-state index in [2.05, 4.69) is 39.1 Å². The van der Waals surface area contributed by atoms with Crippen LogP contribution in [0.3, 0.4) is 0 Å². The van der Waals surface area contributed by atoms with Crippen molar-refractivity contribution in [2.45, 2.75) is 19.3 Å². The molecule has 0 bridgehead atoms. The van der Waals surface area contributed by atoms with Crippen LogP contribution in [-0.4, -0.2) is 16.7 Å². The van der Waals surface area contributed by atoms with Crippen LogP contribution in [0.5, 0.6) is 0 Å². The average Bonchev–Trinajstić information content (AvgIpc) is 2.92. The van der Waals surface area contributed by atoms with Crippen LogP contribution in [0.2, 0.25) is 0 Å². The van der Waals surface area contributed by atoms with Crippen molar-refractivity contribution >= 4 is 26.8 Å². The third kappa shape index (κ3) is 1.78. The minimum atomic E-state index is 0.179. The first-order valence-corrected chi connectivity index (χ1v) is 6.38. The van der Waals surface area contributed by atoms with Gasteiger partial charge in [0.15, 0.2) is 0 Å². The Balaban J connectivity index is 1.93. The number of rotatable bonds is 3. The van der Waals surface area contributed by atoms with Gasteiger partial charge in [0.2, 0.25) is 0 Å². The van der Waals surface area contributed by atoms with E-state index in [1.807, 2.05) is 6.07 Å². The van der Waals surface area contributed by atoms with E-state index in [0.717, 1.165) is 23.7 Å². The number of benzene rings is 1. The van der Waals surface area contributed by atoms with Crippen molar-refractivity contribution in [1.82, 2.24) is 4.98 Å². The average molecular weight is 280 g/mol. The molecule has 1 aliphatic rings. The first-order chi connectivity index (χ1) is 7.71. The van der Waals surface area contributed by atoms with Crippen LogP contribution < -0.4 is 0 Å². The Morgan fingerprint density at radius 2 is 2.12 bits per heavy atom. The molecule has 2 N–H and O–H groups in total. The Kier molecular flexibility index (Phi) is 2.33. The standard InChI is InChI=1S/C13H14BrNO/c14-10-1-2-12-9(5-10)6-11(15-12)7-13(8-16)3-4-13/h1-2,5-6,15-16H,3-4,7-8H2. The highest BCUT2D eigenvalue weighted by Crippen LogP contribution is 2.47. The highest BCUT2D eigenvalue weighted by atomic mass is 79.9. The van der Waals surface area contributed by atoms with Crippen molar-refractivity contribution in [2.24, 2.45) is 5.41 Å². The summed E-state index contributed by atoms with van der Waals surface area (Å²) in [6.07, 6.45) is 3.28. The first-order valence-electron chi connectivity index (χ1n) is 5.59. The molecule has 1 saturated carbocycles. The second kappa shape index (κ2) is 3.60. The van der Waals surface area contributed by atoms with Crippen molar-refractivity contribution in [3.8, 4) is 0 Å². The highest BCUT2D eigenvalue weighted by molar-refractivity contribution is 9.10. The summed E-state index contributed by atoms with van der Waals surface area (Å²) in [5.41, 5.74) is 2.59. The van der Waals surface area contributed by atoms with Gasteiger partial charge in [0, 0.05) is 27.7 Å². The van der Waals surface area contributed by atoms with E-state index in [0.29, 0.717) is 6.61 Å². The van der Waals surface area contributed by atoms with E-state index in [1.165, 1.54) is 16.6 Å². The van der Waals surface area contributed by atoms with Gasteiger partial charge in [0.1, 0.15) is 0 Å². The fourth-order valence-corrected chi connectivity index (χ4v) is 2.61. The smallest absolute Gasteiger partial charge is 0.0491 e. The Hall–Kier alpha value is -0.800. The predicted octanol–water partition coefficient (Wildman–Crippen LogP) is 3.25. The molecular formula is C13H14BrNO. The van der Waals surface area contributed by atoms with Gasteiger partial charge < -0.3 is 10.1 Å². The molecule has 0 atom stereocenters. The van der Waals surface area contributed by atoms with Gasteiger partial charge in [-0.1, -0.05) is 15.9 Å². The van der Waals surface area contributed by atoms with Crippen LogP contribution in [0.25, 0.3) is 10.9 Å². The normalized spacial score (nSPS) is 17.9. The molecule has 0 unspecified atom stereocenters. The number of hydrogen-bond acceptors (Lipinski definition) is 1. The molecule has 1 aromatic carbocycles. The Morgan fingerprint density at radius 3 is 2.81 bits per heavy atom. The van der Waals surface area contributed by atoms with E-state index in [1.54, 1.807) is 0 Å². The molecule has 2 nitrogen and oxygen atoms in total. The molecule has 84 valence electrons. The summed E-state index contributed by atoms with van der Waals surface area (Å²) >= 11 is 3.48. The molecule has 0 amide bonds. The monoisotopic (exact) mass is 279 g/mol. The summed E-state index contributed by atoms with van der Waals surface area (Å²) < 4.78 is 1.11. The molecule has 0 spiro atoms. The largest absolute Gasteiger partial charge is 0.396 e. The van der Waals surface area contributed by atoms with Gasteiger partial charge in [-0.15, -0.1) is 0 Å². The second-order valence-electron chi connectivity index (χ2n) is 4.86. The summed E-state index contributed by atoms with van der Waals surface area (Å²) in [5.74, 6) is 0. The van der Waals surface area contributed by atoms with E-state index in [4.69, 9.17) is 0 Å². The highest BCUT2D eigenvalue weighted by Gasteiger charge is 2.42. The van der Waals surface area contributed by atoms with Crippen molar-refractivity contribution in [1.29, 1.82) is 0 Å². The molecule has 1 aliphatic carbocycles. The number of aliphatic hydroxyl groups is 1. The third-order valence-electron chi connectivity index (χ3n) is 3.50. The topological polar surface area (TPSA) is 36.0 Å². The van der Waals surface area contributed by atoms with E-state index < -0.39 is 0 Å². The maximum atomic E-state index is 9.32. The van der Waals surface area contributed by atoms with Gasteiger partial charge in [0.25, 0.3) is 0 Å². The molecule has 3 heteroatoms. The Morgan fingerprint density at radius 1 is 1.31 bits per heavy atom. The molecule has 0 aliphatic heterocycles. The second-order valence-corrected chi connectivity index (χ2v) is 5.78. The van der Waals surface area contributed by atoms with Crippen LogP contribution >= 0.6 is 15.9 Å². The molecule has 0 saturated heterocycles. The lowest BCUT2D eigenvalue weighted by molar-refractivity contribution is 0.210. The third-order valence-corrected chi connectivity index (χ3v) is 3.99. The number of aromatic nitrogens is 1. The van der Waals surface area contributed by atoms with Crippen LogP contribution in [-0.2, 0) is 6.42 Å². The quantitative estimate of drug-likeness (QED) is 0.889. The Bertz CT molecular complexity index is 528. The van der Waals surface area contributed by atoms with Gasteiger partial charge in [-0.05, 0) is 48.9 Å². The molecule has 2 aromatic rings. The summed E-state index contributed by atoms with van der Waals surface area (Å²) in [5, 5.41) is 10.5. The number of halogens is 1. The van der Waals surface area contributed by atoms with Crippen molar-refractivity contribution in [2.75, 3.05) is 6.61 Å². The summed E-state index contributed by atoms with van der Waals surface area (Å²) in [6.45, 7) is 0.312. The molecule has 16 heavy (non-hydrogen) atoms. The summed E-state index contributed by atoms with van der Waals surface area (Å²) in [4.78, 5) is 3.42. The van der Waals surface area contributed by atoms with Crippen molar-refractivity contribution in [3.63, 3.8) is 0 Å². The number of H-pyrrole nitrogens is 1. The molecular weight excluding hydrogens is 266 g/mol. The molecule has 1 aromatic heterocycles. The minimum Gasteiger partial charge on any atom is -0.396 e. The van der Waals surface area contributed by atoms with Crippen LogP contribution in [0, 0.1) is 5.41 Å². The molecule has 3 rings (SSSR count). The first kappa shape index (κ1) is 10.4. The maximum absolute atomic E-state index is 9.32. The maximum Gasteiger partial charge on any atom is 0.0491 e. The van der Waals surface area contributed by atoms with Crippen LogP contribution in [0.15, 0.2) is 28.7 Å². The van der Waals surface area contributed by atoms with Crippen molar-refractivity contribution < 1.29 is 5.11 Å². The molecule has 1 fully saturated rings. The lowest BCUT2D eigenvalue weighted by atomic mass is 10.0. The van der Waals surface area contributed by atoms with Gasteiger partial charge in [-0.3, -0.25) is 0 Å². The lowest BCUT2D eigenvalue weighted by Crippen LogP contribution is -2.10. The van der Waals surface area contributed by atoms with Gasteiger partial charge in [-0.25, -0.2) is 0 Å². The van der Waals surface area contributed by atoms with E-state index >= 15 is 0 Å². The fourth-order valence-electron chi connectivity index (χ4n) is 2.23. The van der Waals surface area contributed by atoms with Gasteiger partial charge >= 0.3 is 0 Å². The zero-order valence-electron chi connectivity index (χ0n) is 8.96. The number of hydrogen-bond donors (Lipinski definition) is 2. The Labute approximate surface area is 103 Å². The van der Waals surface area contributed by atoms with E-state index in [-0.39, 0.29) is 5.41 Å². The zero-order chi connectivity index (χ0) is 11.2. The van der Waals surface area contributed by atoms with Crippen molar-refractivity contribution in [3.05, 3.63) is 34.4 Å². The van der Waals surface area contributed by atoms with Crippen LogP contribution in [0.4, 0.5) is 0 Å². The number of fused-ring (bicyclic) bond motifs is 1. The van der Waals surface area contributed by atoms with Gasteiger partial charge in [0.05, 0.1) is 0 Å². The molecule has 1 heterocycles. The zero-order valence-corrected chi connectivity index (χ0v) is 10.5. The SMILES string of the molecule is OCC1(Cc2cc3cc(Br)ccc3[nH]2)CC1.